The van der Waals surface area contributed by atoms with E-state index in [1.165, 1.54) is 0 Å². The van der Waals surface area contributed by atoms with E-state index in [4.69, 9.17) is 4.74 Å². The largest absolute Gasteiger partial charge is 0.508 e. The lowest BCUT2D eigenvalue weighted by Crippen LogP contribution is -2.04. The van der Waals surface area contributed by atoms with Gasteiger partial charge >= 0.3 is 0 Å². The Bertz CT molecular complexity index is 744. The Labute approximate surface area is 129 Å². The van der Waals surface area contributed by atoms with E-state index in [9.17, 15) is 10.2 Å². The van der Waals surface area contributed by atoms with Crippen molar-refractivity contribution >= 4 is 18.2 Å². The Morgan fingerprint density at radius 2 is 1.91 bits per heavy atom. The van der Waals surface area contributed by atoms with Gasteiger partial charge in [-0.3, -0.25) is 0 Å². The third-order valence-corrected chi connectivity index (χ3v) is 3.55. The molecule has 0 amide bonds. The fourth-order valence-corrected chi connectivity index (χ4v) is 2.39. The molecule has 2 aromatic carbocycles. The quantitative estimate of drug-likeness (QED) is 0.811. The van der Waals surface area contributed by atoms with Crippen LogP contribution in [0.25, 0.3) is 18.2 Å². The molecule has 3 heteroatoms. The van der Waals surface area contributed by atoms with E-state index in [0.717, 1.165) is 16.7 Å². The molecule has 112 valence electrons. The number of phenols is 2. The summed E-state index contributed by atoms with van der Waals surface area (Å²) in [6.45, 7) is 2.64. The second kappa shape index (κ2) is 5.98. The minimum absolute atomic E-state index is 0.145. The zero-order valence-corrected chi connectivity index (χ0v) is 12.4. The smallest absolute Gasteiger partial charge is 0.168 e. The molecule has 1 unspecified atom stereocenters. The fraction of sp³-hybridized carbons (Fsp3) is 0.158. The average molecular weight is 294 g/mol. The summed E-state index contributed by atoms with van der Waals surface area (Å²) in [5.41, 5.74) is 2.65. The highest BCUT2D eigenvalue weighted by molar-refractivity contribution is 5.75. The molecule has 0 aromatic heterocycles. The first-order valence-electron chi connectivity index (χ1n) is 7.27. The van der Waals surface area contributed by atoms with Crippen molar-refractivity contribution in [3.63, 3.8) is 0 Å². The van der Waals surface area contributed by atoms with Crippen molar-refractivity contribution in [2.45, 2.75) is 6.92 Å². The van der Waals surface area contributed by atoms with Crippen LogP contribution in [0.3, 0.4) is 0 Å². The van der Waals surface area contributed by atoms with Crippen LogP contribution in [-0.4, -0.2) is 16.8 Å². The maximum Gasteiger partial charge on any atom is 0.168 e. The number of aromatic hydroxyl groups is 2. The first kappa shape index (κ1) is 14.3. The van der Waals surface area contributed by atoms with Gasteiger partial charge in [-0.15, -0.1) is 0 Å². The van der Waals surface area contributed by atoms with Gasteiger partial charge in [0.05, 0.1) is 6.61 Å². The molecule has 1 aliphatic rings. The SMILES string of the molecule is CC1C=Cc2cc(C=Cc3cccc(O)c3)cc(O)c2OC1. The molecule has 1 atom stereocenters. The molecule has 2 aromatic rings. The number of ether oxygens (including phenoxy) is 1. The fourth-order valence-electron chi connectivity index (χ4n) is 2.39. The van der Waals surface area contributed by atoms with Gasteiger partial charge in [0, 0.05) is 11.5 Å². The lowest BCUT2D eigenvalue weighted by molar-refractivity contribution is 0.274. The summed E-state index contributed by atoms with van der Waals surface area (Å²) in [6.07, 6.45) is 7.86. The number of hydrogen-bond acceptors (Lipinski definition) is 3. The summed E-state index contributed by atoms with van der Waals surface area (Å²) in [4.78, 5) is 0. The average Bonchev–Trinajstić information content (AvgIpc) is 2.68. The van der Waals surface area contributed by atoms with E-state index in [1.54, 1.807) is 24.3 Å². The lowest BCUT2D eigenvalue weighted by Gasteiger charge is -2.11. The highest BCUT2D eigenvalue weighted by Gasteiger charge is 2.13. The van der Waals surface area contributed by atoms with Crippen molar-refractivity contribution in [2.75, 3.05) is 6.61 Å². The third-order valence-electron chi connectivity index (χ3n) is 3.55. The van der Waals surface area contributed by atoms with Crippen molar-refractivity contribution in [1.82, 2.24) is 0 Å². The monoisotopic (exact) mass is 294 g/mol. The van der Waals surface area contributed by atoms with E-state index < -0.39 is 0 Å². The third kappa shape index (κ3) is 3.14. The van der Waals surface area contributed by atoms with Crippen LogP contribution in [0, 0.1) is 5.92 Å². The highest BCUT2D eigenvalue weighted by atomic mass is 16.5. The molecule has 1 heterocycles. The topological polar surface area (TPSA) is 49.7 Å². The molecule has 0 saturated carbocycles. The minimum Gasteiger partial charge on any atom is -0.508 e. The zero-order chi connectivity index (χ0) is 15.5. The van der Waals surface area contributed by atoms with Crippen LogP contribution in [0.4, 0.5) is 0 Å². The van der Waals surface area contributed by atoms with E-state index in [1.807, 2.05) is 30.4 Å². The van der Waals surface area contributed by atoms with Crippen molar-refractivity contribution in [3.05, 3.63) is 59.2 Å². The van der Waals surface area contributed by atoms with Crippen LogP contribution in [0.15, 0.2) is 42.5 Å². The van der Waals surface area contributed by atoms with Gasteiger partial charge in [-0.1, -0.05) is 43.4 Å². The van der Waals surface area contributed by atoms with Crippen LogP contribution < -0.4 is 4.74 Å². The van der Waals surface area contributed by atoms with Crippen molar-refractivity contribution in [1.29, 1.82) is 0 Å². The van der Waals surface area contributed by atoms with Gasteiger partial charge in [-0.25, -0.2) is 0 Å². The summed E-state index contributed by atoms with van der Waals surface area (Å²) in [5, 5.41) is 19.6. The minimum atomic E-state index is 0.145. The molecule has 1 aliphatic heterocycles. The molecular formula is C19H18O3. The molecule has 0 saturated heterocycles. The predicted molar refractivity (Wildman–Crippen MR) is 88.8 cm³/mol. The Balaban J connectivity index is 1.92. The van der Waals surface area contributed by atoms with E-state index in [-0.39, 0.29) is 11.5 Å². The maximum atomic E-state index is 10.2. The van der Waals surface area contributed by atoms with Crippen molar-refractivity contribution < 1.29 is 14.9 Å². The zero-order valence-electron chi connectivity index (χ0n) is 12.4. The summed E-state index contributed by atoms with van der Waals surface area (Å²) in [7, 11) is 0. The lowest BCUT2D eigenvalue weighted by atomic mass is 10.1. The molecule has 0 bridgehead atoms. The molecule has 0 fully saturated rings. The number of rotatable bonds is 2. The van der Waals surface area contributed by atoms with Gasteiger partial charge in [0.15, 0.2) is 11.5 Å². The number of phenolic OH excluding ortho intramolecular Hbond substituents is 2. The van der Waals surface area contributed by atoms with Crippen molar-refractivity contribution in [3.8, 4) is 17.2 Å². The molecule has 3 rings (SSSR count). The first-order valence-corrected chi connectivity index (χ1v) is 7.27. The molecule has 3 nitrogen and oxygen atoms in total. The van der Waals surface area contributed by atoms with Crippen LogP contribution in [-0.2, 0) is 0 Å². The normalized spacial score (nSPS) is 17.0. The summed E-state index contributed by atoms with van der Waals surface area (Å²) < 4.78 is 5.66. The Kier molecular flexibility index (Phi) is 3.88. The van der Waals surface area contributed by atoms with Crippen LogP contribution in [0.5, 0.6) is 17.2 Å². The van der Waals surface area contributed by atoms with E-state index in [2.05, 4.69) is 13.0 Å². The molecule has 0 aliphatic carbocycles. The van der Waals surface area contributed by atoms with Gasteiger partial charge in [-0.05, 0) is 35.4 Å². The van der Waals surface area contributed by atoms with Gasteiger partial charge in [0.2, 0.25) is 0 Å². The number of hydrogen-bond donors (Lipinski definition) is 2. The molecule has 0 spiro atoms. The summed E-state index contributed by atoms with van der Waals surface area (Å²) in [6, 6.07) is 10.7. The van der Waals surface area contributed by atoms with E-state index in [0.29, 0.717) is 18.3 Å². The van der Waals surface area contributed by atoms with Crippen molar-refractivity contribution in [2.24, 2.45) is 5.92 Å². The van der Waals surface area contributed by atoms with Crippen LogP contribution in [0.2, 0.25) is 0 Å². The van der Waals surface area contributed by atoms with Gasteiger partial charge in [0.25, 0.3) is 0 Å². The Hall–Kier alpha value is -2.68. The summed E-state index contributed by atoms with van der Waals surface area (Å²) >= 11 is 0. The second-order valence-corrected chi connectivity index (χ2v) is 5.53. The van der Waals surface area contributed by atoms with Crippen LogP contribution >= 0.6 is 0 Å². The highest BCUT2D eigenvalue weighted by Crippen LogP contribution is 2.35. The first-order chi connectivity index (χ1) is 10.6. The predicted octanol–water partition coefficient (Wildman–Crippen LogP) is 4.31. The van der Waals surface area contributed by atoms with Gasteiger partial charge < -0.3 is 14.9 Å². The van der Waals surface area contributed by atoms with Gasteiger partial charge in [-0.2, -0.15) is 0 Å². The standard InChI is InChI=1S/C19H18O3/c1-13-5-8-16-9-15(11-18(21)19(16)22-12-13)7-6-14-3-2-4-17(20)10-14/h2-11,13,20-21H,12H2,1H3. The van der Waals surface area contributed by atoms with E-state index >= 15 is 0 Å². The second-order valence-electron chi connectivity index (χ2n) is 5.53. The molecular weight excluding hydrogens is 276 g/mol. The number of fused-ring (bicyclic) bond motifs is 1. The molecule has 2 N–H and O–H groups in total. The van der Waals surface area contributed by atoms with Gasteiger partial charge in [0.1, 0.15) is 5.75 Å². The number of benzene rings is 2. The van der Waals surface area contributed by atoms with Crippen LogP contribution in [0.1, 0.15) is 23.6 Å². The Morgan fingerprint density at radius 3 is 2.73 bits per heavy atom. The Morgan fingerprint density at radius 1 is 1.09 bits per heavy atom. The summed E-state index contributed by atoms with van der Waals surface area (Å²) in [5.74, 6) is 1.23. The molecule has 22 heavy (non-hydrogen) atoms. The molecule has 0 radical (unpaired) electrons. The maximum absolute atomic E-state index is 10.2.